The van der Waals surface area contributed by atoms with Gasteiger partial charge >= 0.3 is 6.18 Å². The topological polar surface area (TPSA) is 79.8 Å². The number of hydrogen-bond donors (Lipinski definition) is 2. The lowest BCUT2D eigenvalue weighted by Gasteiger charge is -2.11. The fraction of sp³-hybridized carbons (Fsp3) is 0.263. The van der Waals surface area contributed by atoms with Gasteiger partial charge in [0.25, 0.3) is 0 Å². The molecule has 0 aliphatic carbocycles. The molecule has 3 heterocycles. The van der Waals surface area contributed by atoms with Crippen molar-refractivity contribution < 1.29 is 18.0 Å². The molecule has 0 bridgehead atoms. The molecule has 0 saturated carbocycles. The quantitative estimate of drug-likeness (QED) is 0.651. The van der Waals surface area contributed by atoms with Gasteiger partial charge in [0.1, 0.15) is 11.2 Å². The van der Waals surface area contributed by atoms with E-state index >= 15 is 0 Å². The van der Waals surface area contributed by atoms with Gasteiger partial charge in [0, 0.05) is 24.3 Å². The summed E-state index contributed by atoms with van der Waals surface area (Å²) in [5.74, 6) is 0.472. The zero-order valence-corrected chi connectivity index (χ0v) is 16.2. The molecule has 0 spiro atoms. The van der Waals surface area contributed by atoms with Crippen LogP contribution in [0.4, 0.5) is 24.5 Å². The monoisotopic (exact) mass is 421 g/mol. The van der Waals surface area contributed by atoms with Gasteiger partial charge in [-0.2, -0.15) is 13.2 Å². The third-order valence-corrected chi connectivity index (χ3v) is 4.88. The fourth-order valence-electron chi connectivity index (χ4n) is 2.57. The van der Waals surface area contributed by atoms with Gasteiger partial charge in [0.15, 0.2) is 5.01 Å². The average Bonchev–Trinajstić information content (AvgIpc) is 3.35. The van der Waals surface area contributed by atoms with E-state index in [0.29, 0.717) is 22.1 Å². The van der Waals surface area contributed by atoms with Crippen molar-refractivity contribution in [2.24, 2.45) is 5.92 Å². The maximum Gasteiger partial charge on any atom is 0.416 e. The number of halogens is 3. The molecule has 2 aromatic heterocycles. The number of nitrogens with one attached hydrogen (secondary N) is 2. The summed E-state index contributed by atoms with van der Waals surface area (Å²) < 4.78 is 37.7. The van der Waals surface area contributed by atoms with Crippen molar-refractivity contribution in [1.82, 2.24) is 20.5 Å². The van der Waals surface area contributed by atoms with E-state index in [2.05, 4.69) is 25.8 Å². The number of pyridine rings is 1. The van der Waals surface area contributed by atoms with E-state index in [1.807, 2.05) is 6.92 Å². The number of aromatic nitrogens is 3. The van der Waals surface area contributed by atoms with Crippen LogP contribution in [-0.2, 0) is 11.0 Å². The number of alkyl halides is 3. The van der Waals surface area contributed by atoms with Gasteiger partial charge in [-0.25, -0.2) is 0 Å². The highest BCUT2D eigenvalue weighted by atomic mass is 32.1. The summed E-state index contributed by atoms with van der Waals surface area (Å²) >= 11 is 1.33. The van der Waals surface area contributed by atoms with E-state index in [9.17, 15) is 18.0 Å². The Labute approximate surface area is 169 Å². The Morgan fingerprint density at radius 1 is 1.21 bits per heavy atom. The lowest BCUT2D eigenvalue weighted by molar-refractivity contribution is -0.137. The molecule has 10 heteroatoms. The number of benzene rings is 1. The number of anilines is 2. The zero-order chi connectivity index (χ0) is 20.9. The Morgan fingerprint density at radius 3 is 2.48 bits per heavy atom. The van der Waals surface area contributed by atoms with Crippen LogP contribution in [0, 0.1) is 5.92 Å². The molecule has 1 aromatic carbocycles. The van der Waals surface area contributed by atoms with E-state index in [-0.39, 0.29) is 11.8 Å². The molecule has 152 valence electrons. The van der Waals surface area contributed by atoms with Crippen LogP contribution in [0.3, 0.4) is 0 Å². The molecule has 1 saturated heterocycles. The van der Waals surface area contributed by atoms with Crippen LogP contribution < -0.4 is 10.6 Å². The molecule has 1 atom stereocenters. The number of hydrogen-bond acceptors (Lipinski definition) is 6. The van der Waals surface area contributed by atoms with Gasteiger partial charge in [0.2, 0.25) is 5.91 Å². The highest BCUT2D eigenvalue weighted by molar-refractivity contribution is 7.12. The SMILES string of the molecule is CC1CCNC1=O.FC(F)(F)c1ccc(Nc2cccnc2-c2nncs2)cc1. The molecule has 29 heavy (non-hydrogen) atoms. The van der Waals surface area contributed by atoms with Gasteiger partial charge in [-0.15, -0.1) is 10.2 Å². The van der Waals surface area contributed by atoms with Gasteiger partial charge in [0.05, 0.1) is 11.3 Å². The standard InChI is InChI=1S/C14H9F3N4S.C5H9NO/c15-14(16,17)9-3-5-10(6-4-9)20-11-2-1-7-18-12(11)13-21-19-8-22-13;1-4-2-3-6-5(4)7/h1-8,20H;4H,2-3H2,1H3,(H,6,7). The third-order valence-electron chi connectivity index (χ3n) is 4.19. The highest BCUT2D eigenvalue weighted by Gasteiger charge is 2.30. The Balaban J connectivity index is 0.000000290. The predicted molar refractivity (Wildman–Crippen MR) is 105 cm³/mol. The van der Waals surface area contributed by atoms with Crippen LogP contribution in [-0.4, -0.2) is 27.6 Å². The van der Waals surface area contributed by atoms with E-state index in [4.69, 9.17) is 0 Å². The van der Waals surface area contributed by atoms with Crippen molar-refractivity contribution in [2.45, 2.75) is 19.5 Å². The number of amides is 1. The van der Waals surface area contributed by atoms with Gasteiger partial charge in [-0.05, 0) is 42.8 Å². The molecule has 4 rings (SSSR count). The smallest absolute Gasteiger partial charge is 0.356 e. The Hall–Kier alpha value is -3.01. The van der Waals surface area contributed by atoms with Crippen LogP contribution in [0.5, 0.6) is 0 Å². The molecule has 1 aliphatic rings. The minimum atomic E-state index is -4.34. The zero-order valence-electron chi connectivity index (χ0n) is 15.4. The van der Waals surface area contributed by atoms with E-state index in [1.54, 1.807) is 23.8 Å². The normalized spacial score (nSPS) is 16.0. The second-order valence-corrected chi connectivity index (χ2v) is 7.16. The molecule has 3 aromatic rings. The molecule has 1 fully saturated rings. The van der Waals surface area contributed by atoms with Crippen molar-refractivity contribution in [2.75, 3.05) is 11.9 Å². The minimum Gasteiger partial charge on any atom is -0.356 e. The maximum absolute atomic E-state index is 12.6. The number of rotatable bonds is 3. The maximum atomic E-state index is 12.6. The first kappa shape index (κ1) is 20.7. The molecule has 1 amide bonds. The Bertz CT molecular complexity index is 945. The number of carbonyl (C=O) groups excluding carboxylic acids is 1. The minimum absolute atomic E-state index is 0.208. The molecule has 1 unspecified atom stereocenters. The largest absolute Gasteiger partial charge is 0.416 e. The van der Waals surface area contributed by atoms with Gasteiger partial charge in [-0.1, -0.05) is 18.3 Å². The van der Waals surface area contributed by atoms with Gasteiger partial charge < -0.3 is 10.6 Å². The first-order valence-electron chi connectivity index (χ1n) is 8.78. The first-order valence-corrected chi connectivity index (χ1v) is 9.66. The molecular formula is C19H18F3N5OS. The van der Waals surface area contributed by atoms with Crippen LogP contribution >= 0.6 is 11.3 Å². The van der Waals surface area contributed by atoms with Crippen molar-refractivity contribution >= 4 is 28.6 Å². The lowest BCUT2D eigenvalue weighted by atomic mass is 10.1. The van der Waals surface area contributed by atoms with Crippen molar-refractivity contribution in [3.8, 4) is 10.7 Å². The number of nitrogens with zero attached hydrogens (tertiary/aromatic N) is 3. The molecule has 6 nitrogen and oxygen atoms in total. The van der Waals surface area contributed by atoms with E-state index < -0.39 is 11.7 Å². The first-order chi connectivity index (χ1) is 13.8. The summed E-state index contributed by atoms with van der Waals surface area (Å²) in [6.45, 7) is 2.82. The van der Waals surface area contributed by atoms with E-state index in [0.717, 1.165) is 25.1 Å². The lowest BCUT2D eigenvalue weighted by Crippen LogP contribution is -2.16. The summed E-state index contributed by atoms with van der Waals surface area (Å²) in [6.07, 6.45) is -1.71. The van der Waals surface area contributed by atoms with Crippen LogP contribution in [0.15, 0.2) is 48.1 Å². The van der Waals surface area contributed by atoms with Crippen molar-refractivity contribution in [3.05, 3.63) is 53.7 Å². The molecular weight excluding hydrogens is 403 g/mol. The molecule has 1 aliphatic heterocycles. The summed E-state index contributed by atoms with van der Waals surface area (Å²) in [5, 5.41) is 14.1. The highest BCUT2D eigenvalue weighted by Crippen LogP contribution is 2.32. The fourth-order valence-corrected chi connectivity index (χ4v) is 3.13. The van der Waals surface area contributed by atoms with Gasteiger partial charge in [-0.3, -0.25) is 9.78 Å². The third kappa shape index (κ3) is 5.50. The number of carbonyl (C=O) groups is 1. The summed E-state index contributed by atoms with van der Waals surface area (Å²) in [6, 6.07) is 8.32. The predicted octanol–water partition coefficient (Wildman–Crippen LogP) is 4.50. The average molecular weight is 421 g/mol. The van der Waals surface area contributed by atoms with Crippen LogP contribution in [0.1, 0.15) is 18.9 Å². The summed E-state index contributed by atoms with van der Waals surface area (Å²) in [5.41, 5.74) is 2.69. The second-order valence-electron chi connectivity index (χ2n) is 6.32. The van der Waals surface area contributed by atoms with E-state index in [1.165, 1.54) is 23.5 Å². The molecule has 0 radical (unpaired) electrons. The van der Waals surface area contributed by atoms with Crippen LogP contribution in [0.25, 0.3) is 10.7 Å². The van der Waals surface area contributed by atoms with Crippen molar-refractivity contribution in [3.63, 3.8) is 0 Å². The summed E-state index contributed by atoms with van der Waals surface area (Å²) in [7, 11) is 0. The van der Waals surface area contributed by atoms with Crippen LogP contribution in [0.2, 0.25) is 0 Å². The van der Waals surface area contributed by atoms with Crippen molar-refractivity contribution in [1.29, 1.82) is 0 Å². The Morgan fingerprint density at radius 2 is 1.97 bits per heavy atom. The second kappa shape index (κ2) is 8.99. The Kier molecular flexibility index (Phi) is 6.42. The molecule has 2 N–H and O–H groups in total. The summed E-state index contributed by atoms with van der Waals surface area (Å²) in [4.78, 5) is 14.7.